The van der Waals surface area contributed by atoms with Crippen LogP contribution in [0.3, 0.4) is 0 Å². The van der Waals surface area contributed by atoms with Gasteiger partial charge in [-0.1, -0.05) is 37.3 Å². The minimum absolute atomic E-state index is 0.219. The van der Waals surface area contributed by atoms with Crippen LogP contribution in [0.5, 0.6) is 0 Å². The number of hydrogen-bond acceptors (Lipinski definition) is 4. The van der Waals surface area contributed by atoms with Crippen LogP contribution >= 0.6 is 0 Å². The quantitative estimate of drug-likeness (QED) is 0.313. The van der Waals surface area contributed by atoms with Crippen molar-refractivity contribution in [2.45, 2.75) is 64.7 Å². The van der Waals surface area contributed by atoms with Crippen LogP contribution < -0.4 is 21.3 Å². The van der Waals surface area contributed by atoms with Gasteiger partial charge in [-0.2, -0.15) is 13.2 Å². The summed E-state index contributed by atoms with van der Waals surface area (Å²) < 4.78 is 38.7. The van der Waals surface area contributed by atoms with E-state index in [0.29, 0.717) is 19.5 Å². The molecular weight excluding hydrogens is 497 g/mol. The van der Waals surface area contributed by atoms with Gasteiger partial charge in [0.1, 0.15) is 6.04 Å². The lowest BCUT2D eigenvalue weighted by atomic mass is 10.1. The first kappa shape index (κ1) is 30.8. The molecule has 0 aliphatic carbocycles. The number of halogens is 3. The van der Waals surface area contributed by atoms with Crippen LogP contribution in [0.15, 0.2) is 48.5 Å². The summed E-state index contributed by atoms with van der Waals surface area (Å²) in [4.78, 5) is 37.6. The first-order valence-corrected chi connectivity index (χ1v) is 12.6. The molecule has 0 radical (unpaired) electrons. The molecule has 0 aliphatic heterocycles. The molecule has 0 saturated carbocycles. The Morgan fingerprint density at radius 3 is 2.18 bits per heavy atom. The summed E-state index contributed by atoms with van der Waals surface area (Å²) >= 11 is 0. The van der Waals surface area contributed by atoms with Crippen LogP contribution in [-0.2, 0) is 28.6 Å². The van der Waals surface area contributed by atoms with Crippen LogP contribution in [0.25, 0.3) is 0 Å². The van der Waals surface area contributed by atoms with Gasteiger partial charge in [-0.3, -0.25) is 14.4 Å². The van der Waals surface area contributed by atoms with Gasteiger partial charge in [0.25, 0.3) is 5.91 Å². The van der Waals surface area contributed by atoms with Gasteiger partial charge in [0.05, 0.1) is 12.1 Å². The van der Waals surface area contributed by atoms with Crippen molar-refractivity contribution in [1.29, 1.82) is 0 Å². The Balaban J connectivity index is 1.89. The SMILES string of the molecule is CCc1ccc(CCNCCC(NC(=O)CNC(=O)c2cccc(C(F)(F)F)c2)C(=O)NC(C)(C)C)cc1. The average Bonchev–Trinajstić information content (AvgIpc) is 2.85. The molecule has 1 unspecified atom stereocenters. The van der Waals surface area contributed by atoms with E-state index in [2.05, 4.69) is 52.5 Å². The fourth-order valence-electron chi connectivity index (χ4n) is 3.62. The van der Waals surface area contributed by atoms with Crippen molar-refractivity contribution in [3.63, 3.8) is 0 Å². The second kappa shape index (κ2) is 13.9. The molecule has 2 aromatic rings. The van der Waals surface area contributed by atoms with Crippen LogP contribution in [-0.4, -0.2) is 48.9 Å². The van der Waals surface area contributed by atoms with E-state index in [4.69, 9.17) is 0 Å². The minimum atomic E-state index is -4.59. The highest BCUT2D eigenvalue weighted by Crippen LogP contribution is 2.29. The summed E-state index contributed by atoms with van der Waals surface area (Å²) in [7, 11) is 0. The van der Waals surface area contributed by atoms with Gasteiger partial charge in [-0.25, -0.2) is 0 Å². The average molecular weight is 535 g/mol. The Morgan fingerprint density at radius 2 is 1.58 bits per heavy atom. The van der Waals surface area contributed by atoms with E-state index in [1.807, 2.05) is 20.8 Å². The molecule has 2 aromatic carbocycles. The predicted molar refractivity (Wildman–Crippen MR) is 141 cm³/mol. The van der Waals surface area contributed by atoms with Crippen molar-refractivity contribution in [2.24, 2.45) is 0 Å². The molecule has 38 heavy (non-hydrogen) atoms. The molecule has 1 atom stereocenters. The minimum Gasteiger partial charge on any atom is -0.350 e. The molecule has 0 spiro atoms. The zero-order valence-electron chi connectivity index (χ0n) is 22.3. The normalized spacial score (nSPS) is 12.5. The van der Waals surface area contributed by atoms with Crippen molar-refractivity contribution < 1.29 is 27.6 Å². The van der Waals surface area contributed by atoms with Gasteiger partial charge in [0.15, 0.2) is 0 Å². The lowest BCUT2D eigenvalue weighted by molar-refractivity contribution is -0.137. The monoisotopic (exact) mass is 534 g/mol. The summed E-state index contributed by atoms with van der Waals surface area (Å²) in [5.74, 6) is -1.82. The second-order valence-corrected chi connectivity index (χ2v) is 10.1. The summed E-state index contributed by atoms with van der Waals surface area (Å²) in [5, 5.41) is 11.0. The van der Waals surface area contributed by atoms with E-state index in [1.54, 1.807) is 0 Å². The van der Waals surface area contributed by atoms with Gasteiger partial charge in [-0.05, 0) is 82.4 Å². The number of aryl methyl sites for hydroxylation is 1. The maximum absolute atomic E-state index is 12.9. The van der Waals surface area contributed by atoms with Crippen LogP contribution in [0.1, 0.15) is 61.2 Å². The van der Waals surface area contributed by atoms with Crippen molar-refractivity contribution in [2.75, 3.05) is 19.6 Å². The molecule has 2 rings (SSSR count). The zero-order valence-corrected chi connectivity index (χ0v) is 22.3. The van der Waals surface area contributed by atoms with Gasteiger partial charge < -0.3 is 21.3 Å². The van der Waals surface area contributed by atoms with Crippen molar-refractivity contribution in [3.05, 3.63) is 70.8 Å². The van der Waals surface area contributed by atoms with E-state index >= 15 is 0 Å². The molecule has 4 N–H and O–H groups in total. The molecule has 0 aliphatic rings. The van der Waals surface area contributed by atoms with E-state index in [0.717, 1.165) is 31.0 Å². The standard InChI is InChI=1S/C28H37F3N4O3/c1-5-19-9-11-20(12-10-19)13-15-32-16-14-23(26(38)35-27(2,3)4)34-24(36)18-33-25(37)21-7-6-8-22(17-21)28(29,30)31/h6-12,17,23,32H,5,13-16,18H2,1-4H3,(H,33,37)(H,34,36)(H,35,38). The maximum Gasteiger partial charge on any atom is 0.416 e. The lowest BCUT2D eigenvalue weighted by Gasteiger charge is -2.25. The van der Waals surface area contributed by atoms with Gasteiger partial charge >= 0.3 is 6.18 Å². The van der Waals surface area contributed by atoms with Gasteiger partial charge in [-0.15, -0.1) is 0 Å². The van der Waals surface area contributed by atoms with Gasteiger partial charge in [0.2, 0.25) is 11.8 Å². The van der Waals surface area contributed by atoms with Crippen LogP contribution in [0.4, 0.5) is 13.2 Å². The van der Waals surface area contributed by atoms with E-state index in [1.165, 1.54) is 17.2 Å². The smallest absolute Gasteiger partial charge is 0.350 e. The Hall–Kier alpha value is -3.40. The molecule has 0 saturated heterocycles. The lowest BCUT2D eigenvalue weighted by Crippen LogP contribution is -2.54. The topological polar surface area (TPSA) is 99.3 Å². The van der Waals surface area contributed by atoms with Crippen LogP contribution in [0, 0.1) is 0 Å². The summed E-state index contributed by atoms with van der Waals surface area (Å²) in [5.41, 5.74) is 0.774. The van der Waals surface area contributed by atoms with E-state index < -0.39 is 41.7 Å². The largest absolute Gasteiger partial charge is 0.416 e. The third-order valence-corrected chi connectivity index (χ3v) is 5.64. The Morgan fingerprint density at radius 1 is 0.921 bits per heavy atom. The Kier molecular flexibility index (Phi) is 11.3. The maximum atomic E-state index is 12.9. The number of carbonyl (C=O) groups is 3. The number of amides is 3. The van der Waals surface area contributed by atoms with Crippen molar-refractivity contribution in [1.82, 2.24) is 21.3 Å². The Labute approximate surface area is 222 Å². The first-order chi connectivity index (χ1) is 17.8. The molecular formula is C28H37F3N4O3. The van der Waals surface area contributed by atoms with Gasteiger partial charge in [0, 0.05) is 11.1 Å². The summed E-state index contributed by atoms with van der Waals surface area (Å²) in [6, 6.07) is 11.5. The molecule has 0 aromatic heterocycles. The molecule has 0 fully saturated rings. The third-order valence-electron chi connectivity index (χ3n) is 5.64. The van der Waals surface area contributed by atoms with E-state index in [9.17, 15) is 27.6 Å². The summed E-state index contributed by atoms with van der Waals surface area (Å²) in [6.45, 7) is 8.23. The zero-order chi connectivity index (χ0) is 28.3. The van der Waals surface area contributed by atoms with Crippen molar-refractivity contribution >= 4 is 17.7 Å². The summed E-state index contributed by atoms with van der Waals surface area (Å²) in [6.07, 6.45) is -2.48. The molecule has 10 heteroatoms. The predicted octanol–water partition coefficient (Wildman–Crippen LogP) is 3.62. The van der Waals surface area contributed by atoms with E-state index in [-0.39, 0.29) is 11.5 Å². The first-order valence-electron chi connectivity index (χ1n) is 12.6. The Bertz CT molecular complexity index is 1080. The highest BCUT2D eigenvalue weighted by atomic mass is 19.4. The molecule has 3 amide bonds. The fraction of sp³-hybridized carbons (Fsp3) is 0.464. The second-order valence-electron chi connectivity index (χ2n) is 10.1. The fourth-order valence-corrected chi connectivity index (χ4v) is 3.62. The van der Waals surface area contributed by atoms with Crippen molar-refractivity contribution in [3.8, 4) is 0 Å². The number of nitrogens with one attached hydrogen (secondary N) is 4. The van der Waals surface area contributed by atoms with Crippen LogP contribution in [0.2, 0.25) is 0 Å². The highest BCUT2D eigenvalue weighted by molar-refractivity contribution is 5.97. The number of alkyl halides is 3. The number of carbonyl (C=O) groups excluding carboxylic acids is 3. The number of hydrogen-bond donors (Lipinski definition) is 4. The molecule has 0 heterocycles. The number of benzene rings is 2. The molecule has 208 valence electrons. The third kappa shape index (κ3) is 10.9. The number of rotatable bonds is 12. The molecule has 7 nitrogen and oxygen atoms in total. The molecule has 0 bridgehead atoms. The highest BCUT2D eigenvalue weighted by Gasteiger charge is 2.31.